The van der Waals surface area contributed by atoms with Gasteiger partial charge >= 0.3 is 17.9 Å². The Bertz CT molecular complexity index is 1220. The van der Waals surface area contributed by atoms with E-state index in [1.165, 1.54) is 64.2 Å². The van der Waals surface area contributed by atoms with Gasteiger partial charge in [0.2, 0.25) is 0 Å². The molecule has 0 fully saturated rings. The third-order valence-corrected chi connectivity index (χ3v) is 9.77. The second-order valence-electron chi connectivity index (χ2n) is 15.4. The van der Waals surface area contributed by atoms with Gasteiger partial charge < -0.3 is 14.2 Å². The maximum Gasteiger partial charge on any atom is 0.306 e. The van der Waals surface area contributed by atoms with E-state index in [1.54, 1.807) is 0 Å². The maximum absolute atomic E-state index is 12.7. The molecular formula is C53H86O6. The van der Waals surface area contributed by atoms with Crippen LogP contribution in [0, 0.1) is 0 Å². The molecule has 1 unspecified atom stereocenters. The Morgan fingerprint density at radius 2 is 0.661 bits per heavy atom. The molecule has 0 N–H and O–H groups in total. The highest BCUT2D eigenvalue weighted by atomic mass is 16.6. The van der Waals surface area contributed by atoms with Crippen LogP contribution in [0.1, 0.15) is 201 Å². The fourth-order valence-corrected chi connectivity index (χ4v) is 6.23. The molecule has 0 aliphatic carbocycles. The van der Waals surface area contributed by atoms with Crippen molar-refractivity contribution in [3.8, 4) is 0 Å². The Kier molecular flexibility index (Phi) is 44.1. The molecule has 0 heterocycles. The standard InChI is InChI=1S/C53H86O6/c1-4-7-10-13-16-19-22-25-26-29-31-34-37-40-43-46-52(55)58-49-50(59-53(56)47-44-41-38-35-32-28-24-21-18-15-12-9-6-3)48-57-51(54)45-42-39-36-33-30-27-23-20-17-14-11-8-5-2/h7,9-10,12-13,15-16,18-19,21-22,24-26,29,31,50H,4-6,8,11,14,17,20,23,27-28,30,32-49H2,1-3H3/b10-7-,12-9-,16-13-,18-15-,22-19-,24-21-,26-25-,31-29-. The van der Waals surface area contributed by atoms with Crippen molar-refractivity contribution in [2.45, 2.75) is 207 Å². The van der Waals surface area contributed by atoms with Crippen molar-refractivity contribution < 1.29 is 28.6 Å². The number of carbonyl (C=O) groups excluding carboxylic acids is 3. The minimum Gasteiger partial charge on any atom is -0.462 e. The van der Waals surface area contributed by atoms with Crippen molar-refractivity contribution in [3.05, 3.63) is 97.2 Å². The lowest BCUT2D eigenvalue weighted by molar-refractivity contribution is -0.167. The third-order valence-electron chi connectivity index (χ3n) is 9.77. The molecule has 0 aromatic heterocycles. The first-order valence-corrected chi connectivity index (χ1v) is 23.8. The molecule has 0 aliphatic heterocycles. The van der Waals surface area contributed by atoms with Gasteiger partial charge in [-0.1, -0.05) is 221 Å². The Labute approximate surface area is 362 Å². The average molecular weight is 819 g/mol. The summed E-state index contributed by atoms with van der Waals surface area (Å²) in [7, 11) is 0. The summed E-state index contributed by atoms with van der Waals surface area (Å²) in [5.74, 6) is -0.970. The molecule has 0 spiro atoms. The number of hydrogen-bond acceptors (Lipinski definition) is 6. The number of unbranched alkanes of at least 4 members (excludes halogenated alkanes) is 20. The van der Waals surface area contributed by atoms with Gasteiger partial charge in [-0.3, -0.25) is 14.4 Å². The normalized spacial score (nSPS) is 12.9. The van der Waals surface area contributed by atoms with Crippen LogP contribution in [0.4, 0.5) is 0 Å². The van der Waals surface area contributed by atoms with E-state index in [1.807, 2.05) is 54.7 Å². The molecule has 0 amide bonds. The van der Waals surface area contributed by atoms with Crippen LogP contribution in [-0.4, -0.2) is 37.2 Å². The van der Waals surface area contributed by atoms with E-state index in [0.717, 1.165) is 96.3 Å². The van der Waals surface area contributed by atoms with Crippen molar-refractivity contribution in [1.82, 2.24) is 0 Å². The van der Waals surface area contributed by atoms with Crippen LogP contribution < -0.4 is 0 Å². The highest BCUT2D eigenvalue weighted by molar-refractivity contribution is 5.71. The predicted octanol–water partition coefficient (Wildman–Crippen LogP) is 15.4. The van der Waals surface area contributed by atoms with Gasteiger partial charge in [0.05, 0.1) is 0 Å². The topological polar surface area (TPSA) is 78.9 Å². The highest BCUT2D eigenvalue weighted by Gasteiger charge is 2.19. The van der Waals surface area contributed by atoms with E-state index >= 15 is 0 Å². The molecule has 0 saturated heterocycles. The SMILES string of the molecule is CC\C=C/C=C\C=C/C=C\C=C/CCCCCC(=O)OCC(COC(=O)CCCCCCCCCCCCCCC)OC(=O)CCCCCCC\C=C/C=C\C=C/CC. The van der Waals surface area contributed by atoms with E-state index in [-0.39, 0.29) is 31.1 Å². The van der Waals surface area contributed by atoms with Crippen LogP contribution in [0.5, 0.6) is 0 Å². The molecule has 0 bridgehead atoms. The lowest BCUT2D eigenvalue weighted by Gasteiger charge is -2.18. The van der Waals surface area contributed by atoms with Gasteiger partial charge in [0, 0.05) is 19.3 Å². The molecule has 0 radical (unpaired) electrons. The van der Waals surface area contributed by atoms with Crippen molar-refractivity contribution in [2.75, 3.05) is 13.2 Å². The number of allylic oxidation sites excluding steroid dienone is 16. The zero-order chi connectivity index (χ0) is 43.0. The van der Waals surface area contributed by atoms with Crippen molar-refractivity contribution in [2.24, 2.45) is 0 Å². The van der Waals surface area contributed by atoms with Crippen molar-refractivity contribution in [3.63, 3.8) is 0 Å². The predicted molar refractivity (Wildman–Crippen MR) is 251 cm³/mol. The number of ether oxygens (including phenoxy) is 3. The van der Waals surface area contributed by atoms with Crippen LogP contribution in [0.25, 0.3) is 0 Å². The molecule has 0 saturated carbocycles. The van der Waals surface area contributed by atoms with E-state index < -0.39 is 6.10 Å². The van der Waals surface area contributed by atoms with E-state index in [2.05, 4.69) is 63.3 Å². The molecule has 6 nitrogen and oxygen atoms in total. The van der Waals surface area contributed by atoms with Crippen LogP contribution in [-0.2, 0) is 28.6 Å². The zero-order valence-electron chi connectivity index (χ0n) is 38.0. The summed E-state index contributed by atoms with van der Waals surface area (Å²) in [5, 5.41) is 0. The summed E-state index contributed by atoms with van der Waals surface area (Å²) >= 11 is 0. The van der Waals surface area contributed by atoms with E-state index in [0.29, 0.717) is 19.3 Å². The van der Waals surface area contributed by atoms with E-state index in [9.17, 15) is 14.4 Å². The fraction of sp³-hybridized carbons (Fsp3) is 0.642. The smallest absolute Gasteiger partial charge is 0.306 e. The first-order chi connectivity index (χ1) is 29.0. The zero-order valence-corrected chi connectivity index (χ0v) is 38.0. The first-order valence-electron chi connectivity index (χ1n) is 23.8. The minimum atomic E-state index is -0.803. The molecule has 0 rings (SSSR count). The number of esters is 3. The lowest BCUT2D eigenvalue weighted by Crippen LogP contribution is -2.30. The van der Waals surface area contributed by atoms with Gasteiger partial charge in [0.1, 0.15) is 13.2 Å². The van der Waals surface area contributed by atoms with Gasteiger partial charge in [-0.25, -0.2) is 0 Å². The van der Waals surface area contributed by atoms with Crippen LogP contribution in [0.2, 0.25) is 0 Å². The monoisotopic (exact) mass is 819 g/mol. The van der Waals surface area contributed by atoms with Crippen LogP contribution in [0.15, 0.2) is 97.2 Å². The lowest BCUT2D eigenvalue weighted by atomic mass is 10.0. The molecule has 334 valence electrons. The molecule has 1 atom stereocenters. The highest BCUT2D eigenvalue weighted by Crippen LogP contribution is 2.14. The van der Waals surface area contributed by atoms with Crippen molar-refractivity contribution >= 4 is 17.9 Å². The molecule has 0 aromatic carbocycles. The summed E-state index contributed by atoms with van der Waals surface area (Å²) in [6.45, 7) is 6.29. The van der Waals surface area contributed by atoms with Gasteiger partial charge in [-0.2, -0.15) is 0 Å². The summed E-state index contributed by atoms with van der Waals surface area (Å²) < 4.78 is 16.7. The fourth-order valence-electron chi connectivity index (χ4n) is 6.23. The number of carbonyl (C=O) groups is 3. The summed E-state index contributed by atoms with van der Waals surface area (Å²) in [5.41, 5.74) is 0. The van der Waals surface area contributed by atoms with E-state index in [4.69, 9.17) is 14.2 Å². The largest absolute Gasteiger partial charge is 0.462 e. The first kappa shape index (κ1) is 55.3. The molecule has 59 heavy (non-hydrogen) atoms. The van der Waals surface area contributed by atoms with Gasteiger partial charge in [0.15, 0.2) is 6.10 Å². The van der Waals surface area contributed by atoms with Gasteiger partial charge in [-0.05, 0) is 57.8 Å². The van der Waals surface area contributed by atoms with Gasteiger partial charge in [-0.15, -0.1) is 0 Å². The quantitative estimate of drug-likeness (QED) is 0.0265. The average Bonchev–Trinajstić information content (AvgIpc) is 3.23. The summed E-state index contributed by atoms with van der Waals surface area (Å²) in [6.07, 6.45) is 61.0. The summed E-state index contributed by atoms with van der Waals surface area (Å²) in [4.78, 5) is 37.8. The molecular weight excluding hydrogens is 733 g/mol. The number of hydrogen-bond donors (Lipinski definition) is 0. The second-order valence-corrected chi connectivity index (χ2v) is 15.4. The third kappa shape index (κ3) is 45.3. The van der Waals surface area contributed by atoms with Crippen molar-refractivity contribution in [1.29, 1.82) is 0 Å². The number of rotatable bonds is 41. The van der Waals surface area contributed by atoms with Crippen LogP contribution >= 0.6 is 0 Å². The Morgan fingerprint density at radius 3 is 1.05 bits per heavy atom. The maximum atomic E-state index is 12.7. The Hall–Kier alpha value is -3.67. The van der Waals surface area contributed by atoms with Crippen LogP contribution in [0.3, 0.4) is 0 Å². The molecule has 6 heteroatoms. The summed E-state index contributed by atoms with van der Waals surface area (Å²) in [6, 6.07) is 0. The Balaban J connectivity index is 4.50. The molecule has 0 aromatic rings. The molecule has 0 aliphatic rings. The van der Waals surface area contributed by atoms with Gasteiger partial charge in [0.25, 0.3) is 0 Å². The Morgan fingerprint density at radius 1 is 0.356 bits per heavy atom. The minimum absolute atomic E-state index is 0.0997. The second kappa shape index (κ2) is 47.0.